The number of hydrogen-bond donors (Lipinski definition) is 0. The molecule has 25 heavy (non-hydrogen) atoms. The summed E-state index contributed by atoms with van der Waals surface area (Å²) in [6.45, 7) is 1.42. The first-order chi connectivity index (χ1) is 12.2. The van der Waals surface area contributed by atoms with Crippen molar-refractivity contribution < 1.29 is 9.53 Å². The lowest BCUT2D eigenvalue weighted by Crippen LogP contribution is -2.36. The van der Waals surface area contributed by atoms with Gasteiger partial charge in [0.15, 0.2) is 0 Å². The third-order valence-corrected chi connectivity index (χ3v) is 5.00. The average molecular weight is 352 g/mol. The molecule has 0 unspecified atom stereocenters. The number of halogens is 1. The maximum Gasteiger partial charge on any atom is 0.410 e. The fourth-order valence-electron chi connectivity index (χ4n) is 3.37. The van der Waals surface area contributed by atoms with Crippen molar-refractivity contribution in [2.75, 3.05) is 6.54 Å². The minimum atomic E-state index is -0.293. The van der Waals surface area contributed by atoms with Gasteiger partial charge in [-0.05, 0) is 39.9 Å². The second-order valence-electron chi connectivity index (χ2n) is 6.25. The molecule has 3 nitrogen and oxygen atoms in total. The van der Waals surface area contributed by atoms with Gasteiger partial charge in [-0.25, -0.2) is 4.79 Å². The molecule has 1 amide bonds. The summed E-state index contributed by atoms with van der Waals surface area (Å²) in [5.74, 6) is 0. The van der Waals surface area contributed by atoms with E-state index in [4.69, 9.17) is 16.3 Å². The smallest absolute Gasteiger partial charge is 0.410 e. The second-order valence-corrected chi connectivity index (χ2v) is 6.66. The first-order valence-corrected chi connectivity index (χ1v) is 8.75. The number of rotatable bonds is 2. The predicted molar refractivity (Wildman–Crippen MR) is 99.7 cm³/mol. The molecule has 0 spiro atoms. The van der Waals surface area contributed by atoms with Gasteiger partial charge in [-0.2, -0.15) is 0 Å². The Morgan fingerprint density at radius 1 is 1.04 bits per heavy atom. The molecule has 0 saturated heterocycles. The summed E-state index contributed by atoms with van der Waals surface area (Å²) in [6, 6.07) is 19.9. The molecule has 0 N–H and O–H groups in total. The molecule has 0 bridgehead atoms. The van der Waals surface area contributed by atoms with Gasteiger partial charge in [0.25, 0.3) is 0 Å². The van der Waals surface area contributed by atoms with E-state index in [9.17, 15) is 4.79 Å². The Balaban J connectivity index is 1.52. The van der Waals surface area contributed by atoms with Gasteiger partial charge in [0.05, 0.1) is 6.54 Å². The number of nitrogens with zero attached hydrogens (tertiary/aromatic N) is 1. The van der Waals surface area contributed by atoms with Gasteiger partial charge >= 0.3 is 6.09 Å². The Morgan fingerprint density at radius 2 is 1.80 bits per heavy atom. The highest BCUT2D eigenvalue weighted by Gasteiger charge is 2.25. The van der Waals surface area contributed by atoms with Crippen LogP contribution >= 0.6 is 11.6 Å². The number of hydrogen-bond acceptors (Lipinski definition) is 2. The third kappa shape index (κ3) is 3.20. The molecule has 126 valence electrons. The molecule has 0 saturated carbocycles. The largest absolute Gasteiger partial charge is 0.445 e. The van der Waals surface area contributed by atoms with E-state index < -0.39 is 0 Å². The van der Waals surface area contributed by atoms with Gasteiger partial charge in [0.2, 0.25) is 0 Å². The number of benzene rings is 3. The highest BCUT2D eigenvalue weighted by atomic mass is 35.5. The molecule has 1 aliphatic heterocycles. The maximum absolute atomic E-state index is 12.4. The molecule has 4 heteroatoms. The molecule has 3 aromatic carbocycles. The van der Waals surface area contributed by atoms with Crippen LogP contribution in [0.5, 0.6) is 0 Å². The average Bonchev–Trinajstić information content (AvgIpc) is 2.67. The van der Waals surface area contributed by atoms with Crippen LogP contribution < -0.4 is 0 Å². The van der Waals surface area contributed by atoms with E-state index >= 15 is 0 Å². The summed E-state index contributed by atoms with van der Waals surface area (Å²) in [7, 11) is 0. The zero-order valence-corrected chi connectivity index (χ0v) is 14.5. The van der Waals surface area contributed by atoms with Gasteiger partial charge in [-0.3, -0.25) is 0 Å². The van der Waals surface area contributed by atoms with Gasteiger partial charge in [-0.1, -0.05) is 66.2 Å². The first kappa shape index (κ1) is 16.0. The minimum Gasteiger partial charge on any atom is -0.445 e. The number of amides is 1. The fourth-order valence-corrected chi connectivity index (χ4v) is 3.66. The van der Waals surface area contributed by atoms with Gasteiger partial charge in [0, 0.05) is 11.6 Å². The molecule has 4 rings (SSSR count). The van der Waals surface area contributed by atoms with E-state index in [0.717, 1.165) is 22.9 Å². The summed E-state index contributed by atoms with van der Waals surface area (Å²) < 4.78 is 5.45. The van der Waals surface area contributed by atoms with Crippen molar-refractivity contribution in [2.45, 2.75) is 19.6 Å². The second kappa shape index (κ2) is 6.77. The number of fused-ring (bicyclic) bond motifs is 3. The number of carbonyl (C=O) groups excluding carboxylic acids is 1. The van der Waals surface area contributed by atoms with Gasteiger partial charge < -0.3 is 9.64 Å². The molecular formula is C21H18ClNO2. The highest BCUT2D eigenvalue weighted by molar-refractivity contribution is 6.32. The van der Waals surface area contributed by atoms with E-state index in [-0.39, 0.29) is 12.7 Å². The van der Waals surface area contributed by atoms with Crippen LogP contribution in [0.15, 0.2) is 60.7 Å². The molecular weight excluding hydrogens is 334 g/mol. The van der Waals surface area contributed by atoms with Crippen LogP contribution in [-0.4, -0.2) is 17.5 Å². The number of ether oxygens (including phenoxy) is 1. The monoisotopic (exact) mass is 351 g/mol. The van der Waals surface area contributed by atoms with Crippen LogP contribution in [-0.2, 0) is 24.3 Å². The third-order valence-electron chi connectivity index (χ3n) is 4.66. The van der Waals surface area contributed by atoms with E-state index in [2.05, 4.69) is 12.1 Å². The normalized spacial score (nSPS) is 13.6. The lowest BCUT2D eigenvalue weighted by molar-refractivity contribution is 0.0919. The Morgan fingerprint density at radius 3 is 2.64 bits per heavy atom. The SMILES string of the molecule is O=C(OCc1ccccc1)N1CCc2c(c(Cl)cc3ccccc23)C1. The van der Waals surface area contributed by atoms with E-state index in [1.807, 2.05) is 48.5 Å². The van der Waals surface area contributed by atoms with Crippen LogP contribution in [0.4, 0.5) is 4.79 Å². The predicted octanol–water partition coefficient (Wildman–Crippen LogP) is 5.19. The van der Waals surface area contributed by atoms with Crippen molar-refractivity contribution in [3.63, 3.8) is 0 Å². The molecule has 1 heterocycles. The van der Waals surface area contributed by atoms with Crippen LogP contribution in [0, 0.1) is 0 Å². The summed E-state index contributed by atoms with van der Waals surface area (Å²) in [5.41, 5.74) is 3.26. The van der Waals surface area contributed by atoms with E-state index in [0.29, 0.717) is 18.1 Å². The molecule has 0 aromatic heterocycles. The van der Waals surface area contributed by atoms with Crippen molar-refractivity contribution in [1.29, 1.82) is 0 Å². The van der Waals surface area contributed by atoms with E-state index in [1.165, 1.54) is 10.9 Å². The Kier molecular flexibility index (Phi) is 4.33. The summed E-state index contributed by atoms with van der Waals surface area (Å²) in [6.07, 6.45) is 0.496. The molecule has 1 aliphatic rings. The Labute approximate surface area is 151 Å². The molecule has 0 radical (unpaired) electrons. The van der Waals surface area contributed by atoms with E-state index in [1.54, 1.807) is 4.90 Å². The maximum atomic E-state index is 12.4. The van der Waals surface area contributed by atoms with Crippen LogP contribution in [0.3, 0.4) is 0 Å². The lowest BCUT2D eigenvalue weighted by Gasteiger charge is -2.29. The lowest BCUT2D eigenvalue weighted by atomic mass is 9.93. The first-order valence-electron chi connectivity index (χ1n) is 8.37. The minimum absolute atomic E-state index is 0.286. The fraction of sp³-hybridized carbons (Fsp3) is 0.190. The molecule has 0 atom stereocenters. The van der Waals surface area contributed by atoms with Crippen molar-refractivity contribution in [1.82, 2.24) is 4.90 Å². The van der Waals surface area contributed by atoms with Crippen molar-refractivity contribution >= 4 is 28.5 Å². The van der Waals surface area contributed by atoms with Crippen LogP contribution in [0.1, 0.15) is 16.7 Å². The highest BCUT2D eigenvalue weighted by Crippen LogP contribution is 2.33. The van der Waals surface area contributed by atoms with Crippen LogP contribution in [0.2, 0.25) is 5.02 Å². The van der Waals surface area contributed by atoms with Gasteiger partial charge in [0.1, 0.15) is 6.61 Å². The quantitative estimate of drug-likeness (QED) is 0.636. The molecule has 3 aromatic rings. The molecule has 0 fully saturated rings. The van der Waals surface area contributed by atoms with Crippen LogP contribution in [0.25, 0.3) is 10.8 Å². The van der Waals surface area contributed by atoms with Crippen molar-refractivity contribution in [3.05, 3.63) is 82.4 Å². The van der Waals surface area contributed by atoms with Crippen molar-refractivity contribution in [3.8, 4) is 0 Å². The topological polar surface area (TPSA) is 29.5 Å². The summed E-state index contributed by atoms with van der Waals surface area (Å²) in [5, 5.41) is 3.08. The summed E-state index contributed by atoms with van der Waals surface area (Å²) in [4.78, 5) is 14.1. The number of carbonyl (C=O) groups is 1. The van der Waals surface area contributed by atoms with Gasteiger partial charge in [-0.15, -0.1) is 0 Å². The Bertz CT molecular complexity index is 924. The van der Waals surface area contributed by atoms with Crippen molar-refractivity contribution in [2.24, 2.45) is 0 Å². The zero-order chi connectivity index (χ0) is 17.2. The zero-order valence-electron chi connectivity index (χ0n) is 13.7. The Hall–Kier alpha value is -2.52. The molecule has 0 aliphatic carbocycles. The summed E-state index contributed by atoms with van der Waals surface area (Å²) >= 11 is 6.49. The standard InChI is InChI=1S/C21H18ClNO2/c22-20-12-16-8-4-5-9-17(16)18-10-11-23(13-19(18)20)21(24)25-14-15-6-2-1-3-7-15/h1-9,12H,10-11,13-14H2.